The monoisotopic (exact) mass is 316 g/mol. The van der Waals surface area contributed by atoms with Crippen LogP contribution in [0.15, 0.2) is 18.2 Å². The highest BCUT2D eigenvalue weighted by Gasteiger charge is 2.09. The molecule has 0 heterocycles. The van der Waals surface area contributed by atoms with E-state index in [1.165, 1.54) is 7.11 Å². The van der Waals surface area contributed by atoms with Gasteiger partial charge >= 0.3 is 0 Å². The van der Waals surface area contributed by atoms with Crippen LogP contribution in [0.1, 0.15) is 16.8 Å². The van der Waals surface area contributed by atoms with Gasteiger partial charge in [0.25, 0.3) is 0 Å². The zero-order chi connectivity index (χ0) is 15.5. The lowest BCUT2D eigenvalue weighted by atomic mass is 10.1. The number of hydrogen-bond donors (Lipinski definition) is 0. The van der Waals surface area contributed by atoms with Gasteiger partial charge in [-0.3, -0.25) is 4.79 Å². The van der Waals surface area contributed by atoms with Crippen molar-refractivity contribution in [1.82, 2.24) is 0 Å². The predicted molar refractivity (Wildman–Crippen MR) is 80.5 cm³/mol. The first-order chi connectivity index (χ1) is 10.2. The Morgan fingerprint density at radius 2 is 1.86 bits per heavy atom. The molecule has 0 fully saturated rings. The second-order valence-corrected chi connectivity index (χ2v) is 4.69. The van der Waals surface area contributed by atoms with Gasteiger partial charge in [-0.25, -0.2) is 0 Å². The minimum atomic E-state index is -0.126. The van der Waals surface area contributed by atoms with E-state index in [0.717, 1.165) is 6.42 Å². The molecule has 0 bridgehead atoms. The normalized spacial score (nSPS) is 10.6. The smallest absolute Gasteiger partial charge is 0.188 e. The maximum Gasteiger partial charge on any atom is 0.188 e. The van der Waals surface area contributed by atoms with Crippen molar-refractivity contribution >= 4 is 17.4 Å². The highest BCUT2D eigenvalue weighted by atomic mass is 35.5. The molecule has 0 N–H and O–H groups in total. The highest BCUT2D eigenvalue weighted by Crippen LogP contribution is 2.25. The number of ketones is 1. The Bertz CT molecular complexity index is 436. The molecular weight excluding hydrogens is 296 g/mol. The van der Waals surface area contributed by atoms with Crippen LogP contribution < -0.4 is 4.74 Å². The molecular formula is C15H21ClO5. The van der Waals surface area contributed by atoms with Crippen molar-refractivity contribution in [1.29, 1.82) is 0 Å². The molecule has 0 aliphatic carbocycles. The molecule has 1 aromatic rings. The number of carbonyl (C=O) groups excluding carboxylic acids is 1. The molecule has 0 radical (unpaired) electrons. The number of benzene rings is 1. The molecule has 0 saturated carbocycles. The van der Waals surface area contributed by atoms with Gasteiger partial charge in [0.05, 0.1) is 25.3 Å². The van der Waals surface area contributed by atoms with Crippen molar-refractivity contribution in [2.45, 2.75) is 6.42 Å². The molecule has 0 spiro atoms. The van der Waals surface area contributed by atoms with Gasteiger partial charge in [0.1, 0.15) is 12.4 Å². The summed E-state index contributed by atoms with van der Waals surface area (Å²) in [6.07, 6.45) is 0.847. The van der Waals surface area contributed by atoms with E-state index >= 15 is 0 Å². The number of carbonyl (C=O) groups is 1. The van der Waals surface area contributed by atoms with Crippen molar-refractivity contribution in [2.24, 2.45) is 0 Å². The molecule has 0 aromatic heterocycles. The van der Waals surface area contributed by atoms with Gasteiger partial charge in [0.15, 0.2) is 5.78 Å². The number of rotatable bonds is 11. The molecule has 1 aromatic carbocycles. The Morgan fingerprint density at radius 3 is 2.52 bits per heavy atom. The third kappa shape index (κ3) is 6.91. The maximum absolute atomic E-state index is 11.9. The number of methoxy groups -OCH3 is 2. The van der Waals surface area contributed by atoms with Crippen LogP contribution in [0.5, 0.6) is 5.75 Å². The average molecular weight is 317 g/mol. The molecule has 0 atom stereocenters. The lowest BCUT2D eigenvalue weighted by molar-refractivity contribution is 0.0382. The summed E-state index contributed by atoms with van der Waals surface area (Å²) in [5.41, 5.74) is 0.502. The van der Waals surface area contributed by atoms with Crippen molar-refractivity contribution in [2.75, 3.05) is 47.3 Å². The fourth-order valence-electron chi connectivity index (χ4n) is 1.61. The largest absolute Gasteiger partial charge is 0.495 e. The lowest BCUT2D eigenvalue weighted by Gasteiger charge is -2.07. The fraction of sp³-hybridized carbons (Fsp3) is 0.533. The second kappa shape index (κ2) is 10.6. The van der Waals surface area contributed by atoms with Gasteiger partial charge in [-0.2, -0.15) is 0 Å². The zero-order valence-electron chi connectivity index (χ0n) is 12.4. The van der Waals surface area contributed by atoms with Crippen molar-refractivity contribution in [3.05, 3.63) is 28.8 Å². The first-order valence-corrected chi connectivity index (χ1v) is 7.08. The van der Waals surface area contributed by atoms with Crippen molar-refractivity contribution in [3.8, 4) is 5.75 Å². The minimum Gasteiger partial charge on any atom is -0.495 e. The summed E-state index contributed by atoms with van der Waals surface area (Å²) in [6.45, 7) is 2.14. The molecule has 5 nitrogen and oxygen atoms in total. The quantitative estimate of drug-likeness (QED) is 0.464. The fourth-order valence-corrected chi connectivity index (χ4v) is 1.87. The Hall–Kier alpha value is -1.14. The Morgan fingerprint density at radius 1 is 1.10 bits per heavy atom. The van der Waals surface area contributed by atoms with Crippen LogP contribution in [-0.2, 0) is 14.2 Å². The summed E-state index contributed by atoms with van der Waals surface area (Å²) in [7, 11) is 3.18. The van der Waals surface area contributed by atoms with E-state index < -0.39 is 0 Å². The van der Waals surface area contributed by atoms with Gasteiger partial charge in [0, 0.05) is 25.9 Å². The standard InChI is InChI=1S/C15H21ClO5/c1-18-6-3-7-20-8-9-21-11-14(17)12-4-5-15(19-2)13(16)10-12/h4-5,10H,3,6-9,11H2,1-2H3. The van der Waals surface area contributed by atoms with Crippen LogP contribution in [0.4, 0.5) is 0 Å². The van der Waals surface area contributed by atoms with Gasteiger partial charge < -0.3 is 18.9 Å². The average Bonchev–Trinajstić information content (AvgIpc) is 2.49. The third-order valence-corrected chi connectivity index (χ3v) is 3.01. The Kier molecular flexibility index (Phi) is 9.01. The summed E-state index contributed by atoms with van der Waals surface area (Å²) in [4.78, 5) is 11.9. The first-order valence-electron chi connectivity index (χ1n) is 6.70. The molecule has 0 unspecified atom stereocenters. The van der Waals surface area contributed by atoms with Crippen molar-refractivity contribution < 1.29 is 23.7 Å². The predicted octanol–water partition coefficient (Wildman–Crippen LogP) is 2.60. The van der Waals surface area contributed by atoms with Gasteiger partial charge in [-0.1, -0.05) is 11.6 Å². The van der Waals surface area contributed by atoms with Crippen LogP contribution in [0, 0.1) is 0 Å². The summed E-state index contributed by atoms with van der Waals surface area (Å²) >= 11 is 5.97. The molecule has 6 heteroatoms. The maximum atomic E-state index is 11.9. The van der Waals surface area contributed by atoms with Crippen LogP contribution in [-0.4, -0.2) is 53.0 Å². The molecule has 0 saturated heterocycles. The van der Waals surface area contributed by atoms with Crippen LogP contribution in [0.25, 0.3) is 0 Å². The van der Waals surface area contributed by atoms with Crippen LogP contribution in [0.2, 0.25) is 5.02 Å². The van der Waals surface area contributed by atoms with E-state index in [9.17, 15) is 4.79 Å². The van der Waals surface area contributed by atoms with E-state index in [0.29, 0.717) is 42.8 Å². The number of Topliss-reactive ketones (excluding diaryl/α,β-unsaturated/α-hetero) is 1. The SMILES string of the molecule is COCCCOCCOCC(=O)c1ccc(OC)c(Cl)c1. The molecule has 21 heavy (non-hydrogen) atoms. The van der Waals surface area contributed by atoms with E-state index in [-0.39, 0.29) is 12.4 Å². The number of hydrogen-bond acceptors (Lipinski definition) is 5. The highest BCUT2D eigenvalue weighted by molar-refractivity contribution is 6.32. The molecule has 118 valence electrons. The van der Waals surface area contributed by atoms with E-state index in [2.05, 4.69) is 0 Å². The molecule has 0 aliphatic rings. The Labute approximate surface area is 130 Å². The summed E-state index contributed by atoms with van der Waals surface area (Å²) in [6, 6.07) is 4.90. The molecule has 0 aliphatic heterocycles. The zero-order valence-corrected chi connectivity index (χ0v) is 13.1. The summed E-state index contributed by atoms with van der Waals surface area (Å²) in [5, 5.41) is 0.407. The van der Waals surface area contributed by atoms with E-state index in [4.69, 9.17) is 30.5 Å². The van der Waals surface area contributed by atoms with Gasteiger partial charge in [-0.15, -0.1) is 0 Å². The van der Waals surface area contributed by atoms with Crippen LogP contribution in [0.3, 0.4) is 0 Å². The topological polar surface area (TPSA) is 54.0 Å². The van der Waals surface area contributed by atoms with E-state index in [1.54, 1.807) is 25.3 Å². The Balaban J connectivity index is 2.20. The van der Waals surface area contributed by atoms with Gasteiger partial charge in [-0.05, 0) is 24.6 Å². The minimum absolute atomic E-state index is 0.00406. The summed E-state index contributed by atoms with van der Waals surface area (Å²) in [5.74, 6) is 0.414. The lowest BCUT2D eigenvalue weighted by Crippen LogP contribution is -2.13. The second-order valence-electron chi connectivity index (χ2n) is 4.28. The third-order valence-electron chi connectivity index (χ3n) is 2.72. The molecule has 1 rings (SSSR count). The first kappa shape index (κ1) is 17.9. The van der Waals surface area contributed by atoms with Gasteiger partial charge in [0.2, 0.25) is 0 Å². The number of halogens is 1. The molecule has 0 amide bonds. The van der Waals surface area contributed by atoms with Crippen LogP contribution >= 0.6 is 11.6 Å². The number of ether oxygens (including phenoxy) is 4. The van der Waals surface area contributed by atoms with Crippen molar-refractivity contribution in [3.63, 3.8) is 0 Å². The summed E-state index contributed by atoms with van der Waals surface area (Å²) < 4.78 is 20.5. The van der Waals surface area contributed by atoms with E-state index in [1.807, 2.05) is 0 Å².